The maximum absolute atomic E-state index is 5.41. The van der Waals surface area contributed by atoms with E-state index in [0.717, 1.165) is 49.2 Å². The SMILES string of the molecule is COCc1nc(C)cc(N2CCC(c3ncco3)CC2)n1. The van der Waals surface area contributed by atoms with E-state index in [9.17, 15) is 0 Å². The second-order valence-corrected chi connectivity index (χ2v) is 5.35. The minimum atomic E-state index is 0.414. The molecule has 0 saturated carbocycles. The van der Waals surface area contributed by atoms with E-state index < -0.39 is 0 Å². The predicted molar refractivity (Wildman–Crippen MR) is 78.2 cm³/mol. The summed E-state index contributed by atoms with van der Waals surface area (Å²) in [6.45, 7) is 4.34. The molecule has 3 heterocycles. The molecule has 1 fully saturated rings. The van der Waals surface area contributed by atoms with Crippen molar-refractivity contribution in [3.8, 4) is 0 Å². The third-order valence-electron chi connectivity index (χ3n) is 3.78. The van der Waals surface area contributed by atoms with Crippen LogP contribution in [0.15, 0.2) is 22.9 Å². The fourth-order valence-corrected chi connectivity index (χ4v) is 2.76. The molecular formula is C15H20N4O2. The number of anilines is 1. The van der Waals surface area contributed by atoms with Gasteiger partial charge < -0.3 is 14.1 Å². The van der Waals surface area contributed by atoms with Crippen LogP contribution in [-0.2, 0) is 11.3 Å². The van der Waals surface area contributed by atoms with Gasteiger partial charge in [0.1, 0.15) is 18.7 Å². The first-order chi connectivity index (χ1) is 10.3. The zero-order valence-electron chi connectivity index (χ0n) is 12.5. The molecule has 0 bridgehead atoms. The van der Waals surface area contributed by atoms with Crippen LogP contribution in [0.1, 0.15) is 36.2 Å². The third-order valence-corrected chi connectivity index (χ3v) is 3.78. The number of hydrogen-bond acceptors (Lipinski definition) is 6. The Morgan fingerprint density at radius 1 is 1.33 bits per heavy atom. The molecule has 6 heteroatoms. The van der Waals surface area contributed by atoms with Crippen LogP contribution in [0.25, 0.3) is 0 Å². The van der Waals surface area contributed by atoms with Crippen molar-refractivity contribution in [2.75, 3.05) is 25.1 Å². The van der Waals surface area contributed by atoms with Gasteiger partial charge in [-0.2, -0.15) is 0 Å². The molecule has 2 aromatic rings. The second kappa shape index (κ2) is 6.22. The van der Waals surface area contributed by atoms with Crippen LogP contribution < -0.4 is 4.90 Å². The molecule has 1 aliphatic heterocycles. The van der Waals surface area contributed by atoms with Gasteiger partial charge in [0.15, 0.2) is 11.7 Å². The normalized spacial score (nSPS) is 16.4. The number of aromatic nitrogens is 3. The van der Waals surface area contributed by atoms with Crippen LogP contribution in [0, 0.1) is 6.92 Å². The molecule has 0 aliphatic carbocycles. The van der Waals surface area contributed by atoms with Gasteiger partial charge in [0.25, 0.3) is 0 Å². The van der Waals surface area contributed by atoms with Crippen molar-refractivity contribution in [1.29, 1.82) is 0 Å². The van der Waals surface area contributed by atoms with E-state index in [4.69, 9.17) is 9.15 Å². The zero-order chi connectivity index (χ0) is 14.7. The average Bonchev–Trinajstić information content (AvgIpc) is 3.01. The molecule has 112 valence electrons. The molecule has 0 atom stereocenters. The summed E-state index contributed by atoms with van der Waals surface area (Å²) in [5, 5.41) is 0. The Bertz CT molecular complexity index is 577. The minimum Gasteiger partial charge on any atom is -0.449 e. The lowest BCUT2D eigenvalue weighted by atomic mass is 9.97. The van der Waals surface area contributed by atoms with Crippen molar-refractivity contribution in [2.24, 2.45) is 0 Å². The standard InChI is InChI=1S/C15H20N4O2/c1-11-9-14(18-13(17-11)10-20-2)19-6-3-12(4-7-19)15-16-5-8-21-15/h5,8-9,12H,3-4,6-7,10H2,1-2H3. The van der Waals surface area contributed by atoms with Crippen molar-refractivity contribution in [1.82, 2.24) is 15.0 Å². The van der Waals surface area contributed by atoms with Crippen molar-refractivity contribution in [3.05, 3.63) is 35.9 Å². The van der Waals surface area contributed by atoms with Gasteiger partial charge in [-0.3, -0.25) is 0 Å². The smallest absolute Gasteiger partial charge is 0.197 e. The molecule has 0 N–H and O–H groups in total. The summed E-state index contributed by atoms with van der Waals surface area (Å²) in [5.41, 5.74) is 0.974. The van der Waals surface area contributed by atoms with Gasteiger partial charge in [-0.05, 0) is 19.8 Å². The Labute approximate surface area is 124 Å². The van der Waals surface area contributed by atoms with Crippen molar-refractivity contribution >= 4 is 5.82 Å². The Balaban J connectivity index is 1.69. The fourth-order valence-electron chi connectivity index (χ4n) is 2.76. The number of piperidine rings is 1. The highest BCUT2D eigenvalue weighted by Gasteiger charge is 2.24. The van der Waals surface area contributed by atoms with Crippen LogP contribution in [-0.4, -0.2) is 35.2 Å². The van der Waals surface area contributed by atoms with E-state index in [-0.39, 0.29) is 0 Å². The largest absolute Gasteiger partial charge is 0.449 e. The lowest BCUT2D eigenvalue weighted by molar-refractivity contribution is 0.177. The highest BCUT2D eigenvalue weighted by atomic mass is 16.5. The Hall–Kier alpha value is -1.95. The van der Waals surface area contributed by atoms with Gasteiger partial charge in [0.05, 0.1) is 6.20 Å². The van der Waals surface area contributed by atoms with Gasteiger partial charge in [-0.15, -0.1) is 0 Å². The van der Waals surface area contributed by atoms with Gasteiger partial charge in [0, 0.05) is 37.9 Å². The van der Waals surface area contributed by atoms with Gasteiger partial charge >= 0.3 is 0 Å². The molecule has 0 radical (unpaired) electrons. The Morgan fingerprint density at radius 3 is 2.81 bits per heavy atom. The molecule has 1 aliphatic rings. The maximum atomic E-state index is 5.41. The summed E-state index contributed by atoms with van der Waals surface area (Å²) < 4.78 is 10.5. The summed E-state index contributed by atoms with van der Waals surface area (Å²) >= 11 is 0. The first-order valence-electron chi connectivity index (χ1n) is 7.24. The van der Waals surface area contributed by atoms with E-state index in [2.05, 4.69) is 19.9 Å². The van der Waals surface area contributed by atoms with Gasteiger partial charge in [0.2, 0.25) is 0 Å². The molecular weight excluding hydrogens is 268 g/mol. The highest BCUT2D eigenvalue weighted by Crippen LogP contribution is 2.29. The van der Waals surface area contributed by atoms with Crippen molar-refractivity contribution in [2.45, 2.75) is 32.3 Å². The fraction of sp³-hybridized carbons (Fsp3) is 0.533. The molecule has 0 amide bonds. The highest BCUT2D eigenvalue weighted by molar-refractivity contribution is 5.40. The summed E-state index contributed by atoms with van der Waals surface area (Å²) in [7, 11) is 1.66. The molecule has 0 unspecified atom stereocenters. The Morgan fingerprint density at radius 2 is 2.14 bits per heavy atom. The zero-order valence-corrected chi connectivity index (χ0v) is 12.5. The number of oxazole rings is 1. The van der Waals surface area contributed by atoms with E-state index in [1.807, 2.05) is 13.0 Å². The molecule has 2 aromatic heterocycles. The van der Waals surface area contributed by atoms with Gasteiger partial charge in [-0.25, -0.2) is 15.0 Å². The van der Waals surface area contributed by atoms with Crippen molar-refractivity contribution in [3.63, 3.8) is 0 Å². The number of aryl methyl sites for hydroxylation is 1. The Kier molecular flexibility index (Phi) is 4.15. The monoisotopic (exact) mass is 288 g/mol. The van der Waals surface area contributed by atoms with Crippen LogP contribution in [0.5, 0.6) is 0 Å². The lowest BCUT2D eigenvalue weighted by Crippen LogP contribution is -2.34. The topological polar surface area (TPSA) is 64.3 Å². The number of rotatable bonds is 4. The number of nitrogens with zero attached hydrogens (tertiary/aromatic N) is 4. The third kappa shape index (κ3) is 3.21. The molecule has 0 aromatic carbocycles. The lowest BCUT2D eigenvalue weighted by Gasteiger charge is -2.31. The number of ether oxygens (including phenoxy) is 1. The first-order valence-corrected chi connectivity index (χ1v) is 7.24. The minimum absolute atomic E-state index is 0.414. The predicted octanol–water partition coefficient (Wildman–Crippen LogP) is 2.30. The number of methoxy groups -OCH3 is 1. The van der Waals surface area contributed by atoms with Crippen molar-refractivity contribution < 1.29 is 9.15 Å². The summed E-state index contributed by atoms with van der Waals surface area (Å²) in [5.74, 6) is 2.99. The second-order valence-electron chi connectivity index (χ2n) is 5.35. The molecule has 21 heavy (non-hydrogen) atoms. The average molecular weight is 288 g/mol. The van der Waals surface area contributed by atoms with E-state index in [0.29, 0.717) is 12.5 Å². The van der Waals surface area contributed by atoms with Crippen LogP contribution in [0.2, 0.25) is 0 Å². The van der Waals surface area contributed by atoms with E-state index in [1.165, 1.54) is 0 Å². The number of hydrogen-bond donors (Lipinski definition) is 0. The summed E-state index contributed by atoms with van der Waals surface area (Å²) in [4.78, 5) is 15.5. The van der Waals surface area contributed by atoms with E-state index >= 15 is 0 Å². The van der Waals surface area contributed by atoms with Crippen LogP contribution in [0.3, 0.4) is 0 Å². The van der Waals surface area contributed by atoms with Crippen LogP contribution >= 0.6 is 0 Å². The van der Waals surface area contributed by atoms with Gasteiger partial charge in [-0.1, -0.05) is 0 Å². The van der Waals surface area contributed by atoms with Crippen LogP contribution in [0.4, 0.5) is 5.82 Å². The molecule has 0 spiro atoms. The quantitative estimate of drug-likeness (QED) is 0.860. The first kappa shape index (κ1) is 14.0. The molecule has 1 saturated heterocycles. The maximum Gasteiger partial charge on any atom is 0.197 e. The molecule has 3 rings (SSSR count). The summed E-state index contributed by atoms with van der Waals surface area (Å²) in [6, 6.07) is 2.03. The molecule has 6 nitrogen and oxygen atoms in total. The summed E-state index contributed by atoms with van der Waals surface area (Å²) in [6.07, 6.45) is 5.42. The van der Waals surface area contributed by atoms with E-state index in [1.54, 1.807) is 19.6 Å².